The maximum atomic E-state index is 11.5. The van der Waals surface area contributed by atoms with Crippen LogP contribution < -0.4 is 0 Å². The molecule has 0 nitrogen and oxygen atoms in total. The summed E-state index contributed by atoms with van der Waals surface area (Å²) in [4.78, 5) is 0. The summed E-state index contributed by atoms with van der Waals surface area (Å²) in [6, 6.07) is 0. The van der Waals surface area contributed by atoms with Gasteiger partial charge in [-0.05, 0) is 13.8 Å². The quantitative estimate of drug-likeness (QED) is 0.570. The van der Waals surface area contributed by atoms with Crippen molar-refractivity contribution in [3.63, 3.8) is 0 Å². The Morgan fingerprint density at radius 1 is 0.700 bits per heavy atom. The lowest BCUT2D eigenvalue weighted by Gasteiger charge is -2.11. The molecule has 0 aliphatic carbocycles. The highest BCUT2D eigenvalue weighted by Gasteiger charge is 2.37. The van der Waals surface area contributed by atoms with Crippen molar-refractivity contribution < 1.29 is 35.1 Å². The van der Waals surface area contributed by atoms with Crippen molar-refractivity contribution in [3.05, 3.63) is 0 Å². The van der Waals surface area contributed by atoms with Crippen molar-refractivity contribution in [1.82, 2.24) is 0 Å². The Bertz CT molecular complexity index is 182. The third-order valence-corrected chi connectivity index (χ3v) is 2.02. The highest BCUT2D eigenvalue weighted by atomic mass is 19.3. The molecule has 0 spiro atoms. The number of alkyl halides is 8. The number of halogens is 8. The smallest absolute Gasteiger partial charge is 0.244 e. The van der Waals surface area contributed by atoms with Crippen molar-refractivity contribution in [2.75, 3.05) is 13.3 Å². The van der Waals surface area contributed by atoms with Gasteiger partial charge in [0.1, 0.15) is 0 Å². The van der Waals surface area contributed by atoms with Crippen LogP contribution in [0.5, 0.6) is 0 Å². The standard InChI is InChI=1S/2C4H6F4.C4H10/c2*1-3(6)4(7,8)2-5;1-3-4-2/h2*3H,2H2,1H3;3-4H2,1-2H3. The van der Waals surface area contributed by atoms with E-state index >= 15 is 0 Å². The number of unbranched alkanes of at least 4 members (excludes halogenated alkanes) is 1. The van der Waals surface area contributed by atoms with Gasteiger partial charge in [0.25, 0.3) is 0 Å². The molecule has 126 valence electrons. The second kappa shape index (κ2) is 12.2. The highest BCUT2D eigenvalue weighted by molar-refractivity contribution is 4.71. The second-order valence-electron chi connectivity index (χ2n) is 4.02. The van der Waals surface area contributed by atoms with Crippen LogP contribution in [0.3, 0.4) is 0 Å². The minimum atomic E-state index is -3.79. The zero-order valence-corrected chi connectivity index (χ0v) is 12.0. The van der Waals surface area contributed by atoms with E-state index in [0.29, 0.717) is 13.8 Å². The molecule has 8 heteroatoms. The molecule has 20 heavy (non-hydrogen) atoms. The molecule has 0 fully saturated rings. The summed E-state index contributed by atoms with van der Waals surface area (Å²) in [6.07, 6.45) is -2.15. The Hall–Kier alpha value is -0.560. The first kappa shape index (κ1) is 24.5. The van der Waals surface area contributed by atoms with Crippen LogP contribution in [-0.2, 0) is 0 Å². The van der Waals surface area contributed by atoms with E-state index in [1.807, 2.05) is 0 Å². The fraction of sp³-hybridized carbons (Fsp3) is 1.00. The van der Waals surface area contributed by atoms with Gasteiger partial charge in [-0.3, -0.25) is 0 Å². The van der Waals surface area contributed by atoms with Gasteiger partial charge in [-0.1, -0.05) is 26.7 Å². The van der Waals surface area contributed by atoms with Crippen LogP contribution in [0.1, 0.15) is 40.5 Å². The number of rotatable bonds is 5. The lowest BCUT2D eigenvalue weighted by Crippen LogP contribution is -2.29. The van der Waals surface area contributed by atoms with Gasteiger partial charge in [0, 0.05) is 0 Å². The van der Waals surface area contributed by atoms with E-state index in [9.17, 15) is 35.1 Å². The van der Waals surface area contributed by atoms with Gasteiger partial charge in [-0.25, -0.2) is 35.1 Å². The largest absolute Gasteiger partial charge is 0.306 e. The fourth-order valence-corrected chi connectivity index (χ4v) is 0.213. The molecule has 0 aliphatic rings. The van der Waals surface area contributed by atoms with E-state index in [1.165, 1.54) is 12.8 Å². The zero-order chi connectivity index (χ0) is 17.0. The van der Waals surface area contributed by atoms with Crippen molar-refractivity contribution in [2.45, 2.75) is 64.7 Å². The van der Waals surface area contributed by atoms with E-state index in [4.69, 9.17) is 0 Å². The molecular weight excluding hydrogens is 296 g/mol. The van der Waals surface area contributed by atoms with Gasteiger partial charge in [-0.2, -0.15) is 0 Å². The molecule has 0 heterocycles. The molecule has 0 aromatic heterocycles. The first-order valence-electron chi connectivity index (χ1n) is 6.08. The Morgan fingerprint density at radius 3 is 0.900 bits per heavy atom. The lowest BCUT2D eigenvalue weighted by atomic mass is 10.3. The third kappa shape index (κ3) is 13.9. The predicted molar refractivity (Wildman–Crippen MR) is 63.6 cm³/mol. The van der Waals surface area contributed by atoms with Gasteiger partial charge in [0.15, 0.2) is 25.7 Å². The maximum Gasteiger partial charge on any atom is 0.306 e. The van der Waals surface area contributed by atoms with Gasteiger partial charge in [0.2, 0.25) is 0 Å². The Balaban J connectivity index is -0.000000230. The number of hydrogen-bond acceptors (Lipinski definition) is 0. The van der Waals surface area contributed by atoms with E-state index < -0.39 is 37.5 Å². The summed E-state index contributed by atoms with van der Waals surface area (Å²) in [5, 5.41) is 0. The molecule has 0 aliphatic heterocycles. The van der Waals surface area contributed by atoms with E-state index in [1.54, 1.807) is 0 Å². The van der Waals surface area contributed by atoms with Crippen molar-refractivity contribution in [1.29, 1.82) is 0 Å². The molecule has 0 amide bonds. The molecular formula is C12H22F8. The molecule has 0 bridgehead atoms. The van der Waals surface area contributed by atoms with E-state index in [0.717, 1.165) is 0 Å². The monoisotopic (exact) mass is 318 g/mol. The van der Waals surface area contributed by atoms with Crippen LogP contribution in [0.4, 0.5) is 35.1 Å². The lowest BCUT2D eigenvalue weighted by molar-refractivity contribution is -0.0809. The summed E-state index contributed by atoms with van der Waals surface area (Å²) in [5.74, 6) is -7.58. The minimum absolute atomic E-state index is 0.625. The van der Waals surface area contributed by atoms with E-state index in [2.05, 4.69) is 13.8 Å². The SMILES string of the molecule is CC(F)C(F)(F)CF.CC(F)C(F)(F)CF.CCCC. The summed E-state index contributed by atoms with van der Waals surface area (Å²) in [7, 11) is 0. The molecule has 2 atom stereocenters. The molecule has 0 aromatic carbocycles. The zero-order valence-electron chi connectivity index (χ0n) is 12.0. The van der Waals surface area contributed by atoms with Crippen molar-refractivity contribution >= 4 is 0 Å². The predicted octanol–water partition coefficient (Wildman–Crippen LogP) is 5.70. The molecule has 0 saturated carbocycles. The summed E-state index contributed by atoms with van der Waals surface area (Å²) in [6.45, 7) is 1.76. The summed E-state index contributed by atoms with van der Waals surface area (Å²) >= 11 is 0. The van der Waals surface area contributed by atoms with Gasteiger partial charge in [-0.15, -0.1) is 0 Å². The van der Waals surface area contributed by atoms with E-state index in [-0.39, 0.29) is 0 Å². The third-order valence-electron chi connectivity index (χ3n) is 2.02. The second-order valence-corrected chi connectivity index (χ2v) is 4.02. The van der Waals surface area contributed by atoms with Crippen LogP contribution in [0, 0.1) is 0 Å². The van der Waals surface area contributed by atoms with Gasteiger partial charge >= 0.3 is 11.8 Å². The van der Waals surface area contributed by atoms with Crippen molar-refractivity contribution in [3.8, 4) is 0 Å². The van der Waals surface area contributed by atoms with Crippen LogP contribution in [0.2, 0.25) is 0 Å². The fourth-order valence-electron chi connectivity index (χ4n) is 0.213. The highest BCUT2D eigenvalue weighted by Crippen LogP contribution is 2.21. The summed E-state index contributed by atoms with van der Waals surface area (Å²) < 4.78 is 91.1. The number of hydrogen-bond donors (Lipinski definition) is 0. The average molecular weight is 318 g/mol. The molecule has 2 unspecified atom stereocenters. The molecule has 0 rings (SSSR count). The minimum Gasteiger partial charge on any atom is -0.244 e. The normalized spacial score (nSPS) is 14.4. The average Bonchev–Trinajstić information content (AvgIpc) is 2.39. The van der Waals surface area contributed by atoms with Gasteiger partial charge < -0.3 is 0 Å². The first-order chi connectivity index (χ1) is 8.92. The molecule has 0 saturated heterocycles. The van der Waals surface area contributed by atoms with Crippen LogP contribution in [0.15, 0.2) is 0 Å². The van der Waals surface area contributed by atoms with Crippen LogP contribution >= 0.6 is 0 Å². The Kier molecular flexibility index (Phi) is 14.9. The van der Waals surface area contributed by atoms with Crippen molar-refractivity contribution in [2.24, 2.45) is 0 Å². The molecule has 0 radical (unpaired) electrons. The van der Waals surface area contributed by atoms with Crippen LogP contribution in [-0.4, -0.2) is 37.5 Å². The molecule has 0 N–H and O–H groups in total. The van der Waals surface area contributed by atoms with Gasteiger partial charge in [0.05, 0.1) is 0 Å². The van der Waals surface area contributed by atoms with Crippen LogP contribution in [0.25, 0.3) is 0 Å². The Morgan fingerprint density at radius 2 is 0.900 bits per heavy atom. The topological polar surface area (TPSA) is 0 Å². The maximum absolute atomic E-state index is 11.5. The molecule has 0 aromatic rings. The summed E-state index contributed by atoms with van der Waals surface area (Å²) in [5.41, 5.74) is 0. The Labute approximate surface area is 114 Å². The first-order valence-corrected chi connectivity index (χ1v) is 6.08.